The number of nitrogens with zero attached hydrogens (tertiary/aromatic N) is 1. The molecule has 0 aliphatic rings. The molecule has 0 fully saturated rings. The highest BCUT2D eigenvalue weighted by atomic mass is 79.9. The van der Waals surface area contributed by atoms with E-state index in [-0.39, 0.29) is 10.8 Å². The fourth-order valence-electron chi connectivity index (χ4n) is 1.45. The van der Waals surface area contributed by atoms with Gasteiger partial charge in [0.2, 0.25) is 0 Å². The quantitative estimate of drug-likeness (QED) is 0.837. The van der Waals surface area contributed by atoms with Gasteiger partial charge in [-0.15, -0.1) is 0 Å². The lowest BCUT2D eigenvalue weighted by Crippen LogP contribution is -2.12. The first-order chi connectivity index (χ1) is 9.38. The fourth-order valence-corrected chi connectivity index (χ4v) is 2.85. The van der Waals surface area contributed by atoms with Gasteiger partial charge in [-0.25, -0.2) is 8.42 Å². The normalized spacial score (nSPS) is 11.1. The van der Waals surface area contributed by atoms with E-state index >= 15 is 0 Å². The number of carbonyl (C=O) groups is 1. The molecule has 104 valence electrons. The molecule has 0 unspecified atom stereocenters. The van der Waals surface area contributed by atoms with Crippen LogP contribution in [0.25, 0.3) is 0 Å². The molecule has 20 heavy (non-hydrogen) atoms. The van der Waals surface area contributed by atoms with Crippen molar-refractivity contribution in [2.24, 2.45) is 0 Å². The minimum Gasteiger partial charge on any atom is -0.321 e. The average Bonchev–Trinajstić information content (AvgIpc) is 2.41. The molecule has 1 amide bonds. The van der Waals surface area contributed by atoms with Crippen LogP contribution in [0, 0.1) is 0 Å². The van der Waals surface area contributed by atoms with Crippen molar-refractivity contribution < 1.29 is 13.2 Å². The van der Waals surface area contributed by atoms with E-state index in [1.54, 1.807) is 12.1 Å². The molecule has 0 aliphatic heterocycles. The molecule has 2 aromatic rings. The number of pyridine rings is 1. The van der Waals surface area contributed by atoms with Crippen LogP contribution in [0.15, 0.2) is 52.1 Å². The summed E-state index contributed by atoms with van der Waals surface area (Å²) < 4.78 is 22.8. The van der Waals surface area contributed by atoms with Gasteiger partial charge in [0, 0.05) is 33.1 Å². The summed E-state index contributed by atoms with van der Waals surface area (Å²) >= 11 is 3.19. The summed E-state index contributed by atoms with van der Waals surface area (Å²) in [5.74, 6) is -0.324. The van der Waals surface area contributed by atoms with Gasteiger partial charge in [-0.2, -0.15) is 0 Å². The van der Waals surface area contributed by atoms with E-state index in [9.17, 15) is 13.2 Å². The summed E-state index contributed by atoms with van der Waals surface area (Å²) in [6.45, 7) is 0. The van der Waals surface area contributed by atoms with E-state index in [1.165, 1.54) is 30.6 Å². The highest BCUT2D eigenvalue weighted by molar-refractivity contribution is 9.10. The molecular weight excluding hydrogens is 368 g/mol. The Bertz CT molecular complexity index is 751. The van der Waals surface area contributed by atoms with E-state index in [0.29, 0.717) is 15.7 Å². The van der Waals surface area contributed by atoms with Gasteiger partial charge in [-0.1, -0.05) is 0 Å². The van der Waals surface area contributed by atoms with Crippen molar-refractivity contribution in [1.82, 2.24) is 4.98 Å². The van der Waals surface area contributed by atoms with Gasteiger partial charge in [-0.3, -0.25) is 9.78 Å². The Labute approximate surface area is 128 Å². The van der Waals surface area contributed by atoms with Crippen LogP contribution >= 0.6 is 26.6 Å². The first kappa shape index (κ1) is 15.0. The molecule has 0 spiro atoms. The molecule has 0 radical (unpaired) electrons. The minimum atomic E-state index is -3.80. The molecule has 1 aromatic carbocycles. The number of hydrogen-bond donors (Lipinski definition) is 1. The second-order valence-electron chi connectivity index (χ2n) is 3.77. The van der Waals surface area contributed by atoms with Gasteiger partial charge in [0.05, 0.1) is 10.6 Å². The zero-order valence-corrected chi connectivity index (χ0v) is 13.0. The van der Waals surface area contributed by atoms with Crippen LogP contribution in [0.3, 0.4) is 0 Å². The topological polar surface area (TPSA) is 76.1 Å². The second-order valence-corrected chi connectivity index (χ2v) is 7.19. The summed E-state index contributed by atoms with van der Waals surface area (Å²) in [5.41, 5.74) is 0.886. The fraction of sp³-hybridized carbons (Fsp3) is 0. The molecule has 0 bridgehead atoms. The Kier molecular flexibility index (Phi) is 4.42. The maximum Gasteiger partial charge on any atom is 0.261 e. The highest BCUT2D eigenvalue weighted by Crippen LogP contribution is 2.27. The molecule has 1 aromatic heterocycles. The van der Waals surface area contributed by atoms with Crippen molar-refractivity contribution in [3.8, 4) is 0 Å². The van der Waals surface area contributed by atoms with Crippen LogP contribution in [0.4, 0.5) is 5.69 Å². The monoisotopic (exact) mass is 374 g/mol. The smallest absolute Gasteiger partial charge is 0.261 e. The maximum absolute atomic E-state index is 11.9. The lowest BCUT2D eigenvalue weighted by atomic mass is 10.2. The molecule has 5 nitrogen and oxygen atoms in total. The van der Waals surface area contributed by atoms with Gasteiger partial charge in [0.15, 0.2) is 0 Å². The van der Waals surface area contributed by atoms with Crippen molar-refractivity contribution in [3.05, 3.63) is 52.8 Å². The molecule has 0 saturated carbocycles. The number of halogens is 2. The number of amides is 1. The standard InChI is InChI=1S/C12H8BrClN2O3S/c13-10-7-9(20(14,18)19)1-2-11(10)16-12(17)8-3-5-15-6-4-8/h1-7H,(H,16,17). The zero-order valence-electron chi connectivity index (χ0n) is 9.88. The third kappa shape index (κ3) is 3.56. The lowest BCUT2D eigenvalue weighted by Gasteiger charge is -2.08. The van der Waals surface area contributed by atoms with E-state index in [1.807, 2.05) is 0 Å². The van der Waals surface area contributed by atoms with Crippen LogP contribution in [-0.4, -0.2) is 19.3 Å². The largest absolute Gasteiger partial charge is 0.321 e. The molecule has 2 rings (SSSR count). The van der Waals surface area contributed by atoms with Gasteiger partial charge < -0.3 is 5.32 Å². The highest BCUT2D eigenvalue weighted by Gasteiger charge is 2.13. The predicted molar refractivity (Wildman–Crippen MR) is 79.4 cm³/mol. The molecular formula is C12H8BrClN2O3S. The Balaban J connectivity index is 2.25. The number of hydrogen-bond acceptors (Lipinski definition) is 4. The Morgan fingerprint density at radius 3 is 2.40 bits per heavy atom. The van der Waals surface area contributed by atoms with Crippen LogP contribution in [0.1, 0.15) is 10.4 Å². The summed E-state index contributed by atoms with van der Waals surface area (Å²) in [7, 11) is 1.44. The molecule has 0 saturated heterocycles. The molecule has 0 aliphatic carbocycles. The Hall–Kier alpha value is -1.44. The van der Waals surface area contributed by atoms with E-state index in [2.05, 4.69) is 26.2 Å². The van der Waals surface area contributed by atoms with Crippen LogP contribution < -0.4 is 5.32 Å². The SMILES string of the molecule is O=C(Nc1ccc(S(=O)(=O)Cl)cc1Br)c1ccncc1. The van der Waals surface area contributed by atoms with Crippen LogP contribution in [0.5, 0.6) is 0 Å². The molecule has 0 atom stereocenters. The first-order valence-electron chi connectivity index (χ1n) is 5.33. The number of aromatic nitrogens is 1. The van der Waals surface area contributed by atoms with Crippen molar-refractivity contribution in [2.45, 2.75) is 4.90 Å². The van der Waals surface area contributed by atoms with Crippen molar-refractivity contribution in [1.29, 1.82) is 0 Å². The predicted octanol–water partition coefficient (Wildman–Crippen LogP) is 3.02. The van der Waals surface area contributed by atoms with E-state index < -0.39 is 9.05 Å². The zero-order chi connectivity index (χ0) is 14.8. The lowest BCUT2D eigenvalue weighted by molar-refractivity contribution is 0.102. The number of rotatable bonds is 3. The maximum atomic E-state index is 11.9. The van der Waals surface area contributed by atoms with Crippen LogP contribution in [-0.2, 0) is 9.05 Å². The number of nitrogens with one attached hydrogen (secondary N) is 1. The minimum absolute atomic E-state index is 0.0482. The first-order valence-corrected chi connectivity index (χ1v) is 8.44. The molecule has 1 heterocycles. The number of benzene rings is 1. The van der Waals surface area contributed by atoms with Crippen molar-refractivity contribution in [2.75, 3.05) is 5.32 Å². The average molecular weight is 376 g/mol. The summed E-state index contributed by atoms with van der Waals surface area (Å²) in [4.78, 5) is 15.7. The van der Waals surface area contributed by atoms with Gasteiger partial charge in [-0.05, 0) is 46.3 Å². The summed E-state index contributed by atoms with van der Waals surface area (Å²) in [5, 5.41) is 2.65. The van der Waals surface area contributed by atoms with E-state index in [4.69, 9.17) is 10.7 Å². The Morgan fingerprint density at radius 2 is 1.85 bits per heavy atom. The van der Waals surface area contributed by atoms with Gasteiger partial charge in [0.25, 0.3) is 15.0 Å². The molecule has 1 N–H and O–H groups in total. The van der Waals surface area contributed by atoms with Gasteiger partial charge in [0.1, 0.15) is 0 Å². The van der Waals surface area contributed by atoms with Crippen molar-refractivity contribution in [3.63, 3.8) is 0 Å². The third-order valence-corrected chi connectivity index (χ3v) is 4.42. The summed E-state index contributed by atoms with van der Waals surface area (Å²) in [6, 6.07) is 7.24. The van der Waals surface area contributed by atoms with Crippen molar-refractivity contribution >= 4 is 47.3 Å². The molecule has 8 heteroatoms. The number of carbonyl (C=O) groups excluding carboxylic acids is 1. The second kappa shape index (κ2) is 5.90. The van der Waals surface area contributed by atoms with E-state index in [0.717, 1.165) is 0 Å². The van der Waals surface area contributed by atoms with Gasteiger partial charge >= 0.3 is 0 Å². The number of anilines is 1. The summed E-state index contributed by atoms with van der Waals surface area (Å²) in [6.07, 6.45) is 3.01. The Morgan fingerprint density at radius 1 is 1.20 bits per heavy atom. The third-order valence-electron chi connectivity index (χ3n) is 2.41. The van der Waals surface area contributed by atoms with Crippen LogP contribution in [0.2, 0.25) is 0 Å².